The zero-order valence-corrected chi connectivity index (χ0v) is 18.9. The van der Waals surface area contributed by atoms with Gasteiger partial charge < -0.3 is 15.4 Å². The summed E-state index contributed by atoms with van der Waals surface area (Å²) in [5, 5.41) is 13.6. The van der Waals surface area contributed by atoms with Crippen LogP contribution >= 0.6 is 0 Å². The molecule has 5 rings (SSSR count). The third kappa shape index (κ3) is 3.83. The molecule has 0 saturated carbocycles. The number of hydrogen-bond donors (Lipinski definition) is 3. The number of fused-ring (bicyclic) bond motifs is 2. The Kier molecular flexibility index (Phi) is 5.54. The van der Waals surface area contributed by atoms with Gasteiger partial charge in [0.25, 0.3) is 15.2 Å². The van der Waals surface area contributed by atoms with Crippen molar-refractivity contribution < 1.29 is 17.9 Å². The van der Waals surface area contributed by atoms with Gasteiger partial charge in [0, 0.05) is 31.7 Å². The number of carbonyl (C=O) groups excluding carboxylic acids is 1. The Morgan fingerprint density at radius 1 is 1.19 bits per heavy atom. The Balaban J connectivity index is 1.31. The fourth-order valence-corrected chi connectivity index (χ4v) is 6.41. The lowest BCUT2D eigenvalue weighted by atomic mass is 9.99. The summed E-state index contributed by atoms with van der Waals surface area (Å²) in [5.74, 6) is 0.300. The summed E-state index contributed by atoms with van der Waals surface area (Å²) in [6, 6.07) is 2.35. The number of rotatable bonds is 6. The average molecular weight is 461 g/mol. The van der Waals surface area contributed by atoms with E-state index in [2.05, 4.69) is 31.9 Å². The molecule has 1 fully saturated rings. The van der Waals surface area contributed by atoms with Gasteiger partial charge in [-0.3, -0.25) is 4.98 Å². The van der Waals surface area contributed by atoms with Gasteiger partial charge in [0.2, 0.25) is 5.95 Å². The fourth-order valence-electron chi connectivity index (χ4n) is 5.04. The highest BCUT2D eigenvalue weighted by molar-refractivity contribution is 7.89. The lowest BCUT2D eigenvalue weighted by Gasteiger charge is -2.16. The number of nitrogens with zero attached hydrogens (tertiary/aromatic N) is 3. The van der Waals surface area contributed by atoms with Gasteiger partial charge in [-0.05, 0) is 67.2 Å². The summed E-state index contributed by atoms with van der Waals surface area (Å²) in [4.78, 5) is 14.1. The van der Waals surface area contributed by atoms with Crippen molar-refractivity contribution in [1.29, 1.82) is 0 Å². The predicted octanol–water partition coefficient (Wildman–Crippen LogP) is 1.89. The van der Waals surface area contributed by atoms with E-state index in [-0.39, 0.29) is 24.2 Å². The predicted molar refractivity (Wildman–Crippen MR) is 117 cm³/mol. The lowest BCUT2D eigenvalue weighted by molar-refractivity contribution is 0.131. The van der Waals surface area contributed by atoms with Crippen molar-refractivity contribution in [2.75, 3.05) is 32.1 Å². The maximum absolute atomic E-state index is 13.1. The standard InChI is InChI=1S/C21H28N6O4S/c1-22-21(28)31-12-13-8-9-27(11-13)32(29,30)20-24-19(25-26-20)23-18-16-6-2-4-14(16)10-15-5-3-7-17(15)18/h10,13H,2-9,11-12H2,1H3,(H,22,28)(H2,23,24,25,26). The lowest BCUT2D eigenvalue weighted by Crippen LogP contribution is -2.31. The molecule has 3 N–H and O–H groups in total. The second-order valence-corrected chi connectivity index (χ2v) is 10.6. The molecule has 1 atom stereocenters. The Bertz CT molecular complexity index is 1110. The van der Waals surface area contributed by atoms with Gasteiger partial charge in [0.1, 0.15) is 0 Å². The molecular formula is C21H28N6O4S. The third-order valence-electron chi connectivity index (χ3n) is 6.67. The summed E-state index contributed by atoms with van der Waals surface area (Å²) in [7, 11) is -2.31. The first-order valence-corrected chi connectivity index (χ1v) is 12.6. The summed E-state index contributed by atoms with van der Waals surface area (Å²) in [5.41, 5.74) is 6.51. The Morgan fingerprint density at radius 2 is 1.91 bits per heavy atom. The van der Waals surface area contributed by atoms with E-state index >= 15 is 0 Å². The van der Waals surface area contributed by atoms with Crippen LogP contribution in [0.5, 0.6) is 0 Å². The molecule has 32 heavy (non-hydrogen) atoms. The number of sulfonamides is 1. The molecule has 0 spiro atoms. The van der Waals surface area contributed by atoms with Crippen molar-refractivity contribution in [2.24, 2.45) is 5.92 Å². The number of carbonyl (C=O) groups is 1. The number of benzene rings is 1. The van der Waals surface area contributed by atoms with Crippen molar-refractivity contribution >= 4 is 27.8 Å². The zero-order valence-electron chi connectivity index (χ0n) is 18.1. The monoisotopic (exact) mass is 460 g/mol. The maximum atomic E-state index is 13.1. The number of hydrogen-bond acceptors (Lipinski definition) is 7. The minimum Gasteiger partial charge on any atom is -0.449 e. The van der Waals surface area contributed by atoms with Gasteiger partial charge in [-0.15, -0.1) is 10.2 Å². The first-order chi connectivity index (χ1) is 15.5. The molecule has 2 heterocycles. The van der Waals surface area contributed by atoms with Gasteiger partial charge in [-0.2, -0.15) is 4.31 Å². The molecule has 0 bridgehead atoms. The summed E-state index contributed by atoms with van der Waals surface area (Å²) >= 11 is 0. The number of H-pyrrole nitrogens is 1. The molecule has 1 unspecified atom stereocenters. The number of ether oxygens (including phenoxy) is 1. The van der Waals surface area contributed by atoms with E-state index in [4.69, 9.17) is 4.74 Å². The van der Waals surface area contributed by atoms with Crippen LogP contribution in [0, 0.1) is 5.92 Å². The van der Waals surface area contributed by atoms with Crippen molar-refractivity contribution in [3.8, 4) is 0 Å². The van der Waals surface area contributed by atoms with E-state index in [9.17, 15) is 13.2 Å². The molecule has 172 valence electrons. The van der Waals surface area contributed by atoms with Gasteiger partial charge in [-0.1, -0.05) is 6.07 Å². The van der Waals surface area contributed by atoms with E-state index in [1.54, 1.807) is 0 Å². The number of alkyl carbamates (subject to hydrolysis) is 1. The number of aryl methyl sites for hydroxylation is 2. The highest BCUT2D eigenvalue weighted by Gasteiger charge is 2.35. The largest absolute Gasteiger partial charge is 0.449 e. The molecule has 2 aliphatic carbocycles. The first kappa shape index (κ1) is 21.2. The molecule has 0 radical (unpaired) electrons. The summed E-state index contributed by atoms with van der Waals surface area (Å²) < 4.78 is 32.6. The normalized spacial score (nSPS) is 20.2. The van der Waals surface area contributed by atoms with E-state index in [0.29, 0.717) is 18.9 Å². The molecule has 10 nitrogen and oxygen atoms in total. The van der Waals surface area contributed by atoms with Crippen LogP contribution in [0.1, 0.15) is 41.5 Å². The highest BCUT2D eigenvalue weighted by Crippen LogP contribution is 2.39. The van der Waals surface area contributed by atoms with E-state index in [0.717, 1.165) is 44.2 Å². The Labute approximate surface area is 187 Å². The van der Waals surface area contributed by atoms with Crippen LogP contribution in [0.3, 0.4) is 0 Å². The van der Waals surface area contributed by atoms with Crippen LogP contribution in [0.15, 0.2) is 11.2 Å². The topological polar surface area (TPSA) is 129 Å². The van der Waals surface area contributed by atoms with Crippen molar-refractivity contribution in [2.45, 2.75) is 50.1 Å². The summed E-state index contributed by atoms with van der Waals surface area (Å²) in [6.45, 7) is 0.814. The van der Waals surface area contributed by atoms with E-state index < -0.39 is 16.1 Å². The smallest absolute Gasteiger partial charge is 0.406 e. The second kappa shape index (κ2) is 8.36. The Hall–Kier alpha value is -2.66. The van der Waals surface area contributed by atoms with Gasteiger partial charge in [0.05, 0.1) is 6.61 Å². The molecule has 1 aromatic carbocycles. The van der Waals surface area contributed by atoms with Crippen LogP contribution in [0.25, 0.3) is 0 Å². The maximum Gasteiger partial charge on any atom is 0.406 e. The molecule has 1 aliphatic heterocycles. The quantitative estimate of drug-likeness (QED) is 0.600. The van der Waals surface area contributed by atoms with E-state index in [1.807, 2.05) is 0 Å². The van der Waals surface area contributed by atoms with Crippen molar-refractivity contribution in [1.82, 2.24) is 24.8 Å². The van der Waals surface area contributed by atoms with Crippen LogP contribution in [-0.2, 0) is 40.4 Å². The molecular weight excluding hydrogens is 432 g/mol. The molecule has 1 saturated heterocycles. The number of anilines is 2. The highest BCUT2D eigenvalue weighted by atomic mass is 32.2. The Morgan fingerprint density at radius 3 is 2.59 bits per heavy atom. The fraction of sp³-hybridized carbons (Fsp3) is 0.571. The average Bonchev–Trinajstić information content (AvgIpc) is 3.58. The first-order valence-electron chi connectivity index (χ1n) is 11.2. The third-order valence-corrected chi connectivity index (χ3v) is 8.35. The SMILES string of the molecule is CNC(=O)OCC1CCN(S(=O)(=O)c2nnc(Nc3c4c(cc5c3CCC5)CCC4)[nH]2)C1. The molecule has 3 aliphatic rings. The minimum atomic E-state index is -3.80. The minimum absolute atomic E-state index is 0.0444. The van der Waals surface area contributed by atoms with Gasteiger partial charge in [0.15, 0.2) is 0 Å². The molecule has 2 aromatic rings. The van der Waals surface area contributed by atoms with Crippen LogP contribution in [-0.4, -0.2) is 60.7 Å². The van der Waals surface area contributed by atoms with Gasteiger partial charge in [-0.25, -0.2) is 13.2 Å². The number of aromatic amines is 1. The van der Waals surface area contributed by atoms with Crippen molar-refractivity contribution in [3.63, 3.8) is 0 Å². The number of aromatic nitrogens is 3. The molecule has 1 amide bonds. The number of amides is 1. The van der Waals surface area contributed by atoms with Crippen LogP contribution in [0.4, 0.5) is 16.4 Å². The second-order valence-electron chi connectivity index (χ2n) is 8.70. The number of nitrogens with one attached hydrogen (secondary N) is 3. The van der Waals surface area contributed by atoms with Gasteiger partial charge >= 0.3 is 6.09 Å². The summed E-state index contributed by atoms with van der Waals surface area (Å²) in [6.07, 6.45) is 6.62. The van der Waals surface area contributed by atoms with Crippen molar-refractivity contribution in [3.05, 3.63) is 28.3 Å². The van der Waals surface area contributed by atoms with Crippen LogP contribution < -0.4 is 10.6 Å². The molecule has 1 aromatic heterocycles. The molecule has 11 heteroatoms. The van der Waals surface area contributed by atoms with E-state index in [1.165, 1.54) is 33.6 Å². The van der Waals surface area contributed by atoms with Crippen LogP contribution in [0.2, 0.25) is 0 Å². The zero-order chi connectivity index (χ0) is 22.3.